The lowest BCUT2D eigenvalue weighted by molar-refractivity contribution is -0.121. The van der Waals surface area contributed by atoms with Crippen molar-refractivity contribution in [1.82, 2.24) is 20.1 Å². The third-order valence-corrected chi connectivity index (χ3v) is 6.26. The van der Waals surface area contributed by atoms with Gasteiger partial charge in [0.25, 0.3) is 0 Å². The molecule has 1 heterocycles. The molecule has 0 unspecified atom stereocenters. The normalized spacial score (nSPS) is 11.2. The number of nitrogens with one attached hydrogen (secondary N) is 1. The molecule has 0 radical (unpaired) electrons. The molecule has 3 rings (SSSR count). The summed E-state index contributed by atoms with van der Waals surface area (Å²) in [6.45, 7) is 4.89. The van der Waals surface area contributed by atoms with Gasteiger partial charge < -0.3 is 5.32 Å². The molecule has 1 N–H and O–H groups in total. The molecule has 0 fully saturated rings. The Labute approximate surface area is 203 Å². The van der Waals surface area contributed by atoms with Crippen molar-refractivity contribution in [2.75, 3.05) is 6.54 Å². The Morgan fingerprint density at radius 1 is 1.06 bits per heavy atom. The van der Waals surface area contributed by atoms with Crippen molar-refractivity contribution in [2.24, 2.45) is 5.92 Å². The van der Waals surface area contributed by atoms with Crippen LogP contribution >= 0.6 is 35.0 Å². The highest BCUT2D eigenvalue weighted by Crippen LogP contribution is 2.28. The summed E-state index contributed by atoms with van der Waals surface area (Å²) in [4.78, 5) is 12.0. The fourth-order valence-electron chi connectivity index (χ4n) is 3.18. The van der Waals surface area contributed by atoms with Crippen molar-refractivity contribution >= 4 is 40.9 Å². The zero-order valence-electron chi connectivity index (χ0n) is 18.4. The van der Waals surface area contributed by atoms with E-state index in [2.05, 4.69) is 33.9 Å². The molecule has 5 nitrogen and oxygen atoms in total. The molecule has 170 valence electrons. The van der Waals surface area contributed by atoms with Gasteiger partial charge in [-0.2, -0.15) is 0 Å². The number of thioether (sulfide) groups is 1. The minimum absolute atomic E-state index is 0.104. The third kappa shape index (κ3) is 7.54. The molecule has 32 heavy (non-hydrogen) atoms. The van der Waals surface area contributed by atoms with Crippen molar-refractivity contribution in [2.45, 2.75) is 50.4 Å². The fourth-order valence-corrected chi connectivity index (χ4v) is 4.49. The van der Waals surface area contributed by atoms with E-state index in [0.717, 1.165) is 58.8 Å². The maximum Gasteiger partial charge on any atom is 0.220 e. The van der Waals surface area contributed by atoms with E-state index in [-0.39, 0.29) is 5.91 Å². The second-order valence-electron chi connectivity index (χ2n) is 8.04. The third-order valence-electron chi connectivity index (χ3n) is 4.79. The number of benzene rings is 2. The molecule has 1 amide bonds. The van der Waals surface area contributed by atoms with E-state index in [4.69, 9.17) is 23.2 Å². The van der Waals surface area contributed by atoms with Gasteiger partial charge in [0, 0.05) is 35.2 Å². The lowest BCUT2D eigenvalue weighted by Crippen LogP contribution is -2.26. The molecule has 2 aromatic carbocycles. The highest BCUT2D eigenvalue weighted by Gasteiger charge is 2.15. The first-order chi connectivity index (χ1) is 15.4. The Kier molecular flexibility index (Phi) is 9.45. The first kappa shape index (κ1) is 24.6. The minimum atomic E-state index is 0.104. The van der Waals surface area contributed by atoms with Gasteiger partial charge in [0.15, 0.2) is 5.16 Å². The monoisotopic (exact) mass is 490 g/mol. The molecular weight excluding hydrogens is 463 g/mol. The highest BCUT2D eigenvalue weighted by molar-refractivity contribution is 7.98. The molecule has 8 heteroatoms. The maximum absolute atomic E-state index is 12.0. The summed E-state index contributed by atoms with van der Waals surface area (Å²) >= 11 is 14.0. The number of rotatable bonds is 11. The van der Waals surface area contributed by atoms with E-state index in [1.54, 1.807) is 11.8 Å². The van der Waals surface area contributed by atoms with Gasteiger partial charge in [0.05, 0.1) is 5.69 Å². The van der Waals surface area contributed by atoms with Gasteiger partial charge in [-0.15, -0.1) is 10.2 Å². The number of unbranched alkanes of at least 4 members (excludes halogenated alkanes) is 1. The predicted molar refractivity (Wildman–Crippen MR) is 133 cm³/mol. The van der Waals surface area contributed by atoms with Crippen LogP contribution in [0.15, 0.2) is 53.7 Å². The van der Waals surface area contributed by atoms with Crippen LogP contribution in [0.25, 0.3) is 5.69 Å². The highest BCUT2D eigenvalue weighted by atomic mass is 35.5. The second kappa shape index (κ2) is 12.3. The molecular formula is C24H28Cl2N4OS. The van der Waals surface area contributed by atoms with Gasteiger partial charge in [-0.05, 0) is 54.7 Å². The summed E-state index contributed by atoms with van der Waals surface area (Å²) < 4.78 is 2.06. The van der Waals surface area contributed by atoms with Crippen LogP contribution in [0, 0.1) is 5.92 Å². The summed E-state index contributed by atoms with van der Waals surface area (Å²) in [5.74, 6) is 2.16. The molecule has 1 aromatic heterocycles. The van der Waals surface area contributed by atoms with Crippen LogP contribution in [0.3, 0.4) is 0 Å². The van der Waals surface area contributed by atoms with Gasteiger partial charge in [-0.3, -0.25) is 9.36 Å². The number of halogens is 2. The van der Waals surface area contributed by atoms with E-state index in [9.17, 15) is 4.79 Å². The topological polar surface area (TPSA) is 59.8 Å². The quantitative estimate of drug-likeness (QED) is 0.251. The van der Waals surface area contributed by atoms with Crippen LogP contribution in [0.2, 0.25) is 10.0 Å². The molecule has 3 aromatic rings. The number of amides is 1. The Balaban J connectivity index is 1.68. The second-order valence-corrected chi connectivity index (χ2v) is 9.85. The number of hydrogen-bond acceptors (Lipinski definition) is 4. The standard InChI is InChI=1S/C24H28Cl2N4OS/c1-17(2)15-27-23(31)12-4-3-11-22-28-29-24(30(22)21-10-6-9-20(26)14-21)32-16-18-7-5-8-19(25)13-18/h5-10,13-14,17H,3-4,11-12,15-16H2,1-2H3,(H,27,31). The Morgan fingerprint density at radius 3 is 2.53 bits per heavy atom. The van der Waals surface area contributed by atoms with Crippen molar-refractivity contribution in [3.8, 4) is 5.69 Å². The minimum Gasteiger partial charge on any atom is -0.356 e. The van der Waals surface area contributed by atoms with Crippen molar-refractivity contribution < 1.29 is 4.79 Å². The zero-order valence-corrected chi connectivity index (χ0v) is 20.7. The van der Waals surface area contributed by atoms with Gasteiger partial charge in [0.2, 0.25) is 5.91 Å². The summed E-state index contributed by atoms with van der Waals surface area (Å²) in [6, 6.07) is 15.5. The van der Waals surface area contributed by atoms with E-state index >= 15 is 0 Å². The van der Waals surface area contributed by atoms with E-state index in [0.29, 0.717) is 17.4 Å². The van der Waals surface area contributed by atoms with Gasteiger partial charge in [-0.1, -0.05) is 67.0 Å². The molecule has 0 spiro atoms. The molecule has 0 bridgehead atoms. The van der Waals surface area contributed by atoms with Gasteiger partial charge in [-0.25, -0.2) is 0 Å². The first-order valence-corrected chi connectivity index (χ1v) is 12.5. The number of hydrogen-bond donors (Lipinski definition) is 1. The number of aromatic nitrogens is 3. The first-order valence-electron chi connectivity index (χ1n) is 10.8. The predicted octanol–water partition coefficient (Wildman–Crippen LogP) is 6.35. The zero-order chi connectivity index (χ0) is 22.9. The molecule has 0 saturated carbocycles. The Hall–Kier alpha value is -2.02. The van der Waals surface area contributed by atoms with Gasteiger partial charge >= 0.3 is 0 Å². The van der Waals surface area contributed by atoms with Crippen LogP contribution in [0.4, 0.5) is 0 Å². The van der Waals surface area contributed by atoms with Crippen LogP contribution in [-0.2, 0) is 17.0 Å². The number of nitrogens with zero attached hydrogens (tertiary/aromatic N) is 3. The van der Waals surface area contributed by atoms with Crippen molar-refractivity contribution in [1.29, 1.82) is 0 Å². The largest absolute Gasteiger partial charge is 0.356 e. The lowest BCUT2D eigenvalue weighted by atomic mass is 10.1. The summed E-state index contributed by atoms with van der Waals surface area (Å²) in [5.41, 5.74) is 2.05. The van der Waals surface area contributed by atoms with E-state index in [1.165, 1.54) is 0 Å². The Morgan fingerprint density at radius 2 is 1.81 bits per heavy atom. The molecule has 0 aliphatic carbocycles. The SMILES string of the molecule is CC(C)CNC(=O)CCCCc1nnc(SCc2cccc(Cl)c2)n1-c1cccc(Cl)c1. The average Bonchev–Trinajstić information content (AvgIpc) is 3.16. The van der Waals surface area contributed by atoms with Crippen LogP contribution < -0.4 is 5.32 Å². The van der Waals surface area contributed by atoms with E-state index < -0.39 is 0 Å². The number of aryl methyl sites for hydroxylation is 1. The van der Waals surface area contributed by atoms with Crippen molar-refractivity contribution in [3.05, 3.63) is 70.0 Å². The molecule has 0 atom stereocenters. The lowest BCUT2D eigenvalue weighted by Gasteiger charge is -2.11. The van der Waals surface area contributed by atoms with Gasteiger partial charge in [0.1, 0.15) is 5.82 Å². The summed E-state index contributed by atoms with van der Waals surface area (Å²) in [5, 5.41) is 14.0. The number of carbonyl (C=O) groups excluding carboxylic acids is 1. The summed E-state index contributed by atoms with van der Waals surface area (Å²) in [6.07, 6.45) is 2.91. The number of carbonyl (C=O) groups is 1. The van der Waals surface area contributed by atoms with Crippen LogP contribution in [0.5, 0.6) is 0 Å². The molecule has 0 aliphatic rings. The molecule has 0 saturated heterocycles. The molecule has 0 aliphatic heterocycles. The Bertz CT molecular complexity index is 1040. The van der Waals surface area contributed by atoms with Crippen LogP contribution in [0.1, 0.15) is 44.5 Å². The van der Waals surface area contributed by atoms with Crippen LogP contribution in [-0.4, -0.2) is 27.2 Å². The van der Waals surface area contributed by atoms with E-state index in [1.807, 2.05) is 48.5 Å². The fraction of sp³-hybridized carbons (Fsp3) is 0.375. The average molecular weight is 491 g/mol. The summed E-state index contributed by atoms with van der Waals surface area (Å²) in [7, 11) is 0. The smallest absolute Gasteiger partial charge is 0.220 e. The van der Waals surface area contributed by atoms with Crippen molar-refractivity contribution in [3.63, 3.8) is 0 Å². The maximum atomic E-state index is 12.0.